The van der Waals surface area contributed by atoms with E-state index in [1.54, 1.807) is 12.1 Å². The van der Waals surface area contributed by atoms with Crippen LogP contribution in [0, 0.1) is 13.8 Å². The first-order chi connectivity index (χ1) is 12.0. The Kier molecular flexibility index (Phi) is 4.39. The van der Waals surface area contributed by atoms with Gasteiger partial charge in [-0.2, -0.15) is 0 Å². The number of para-hydroxylation sites is 1. The topological polar surface area (TPSA) is 78.4 Å². The van der Waals surface area contributed by atoms with Crippen molar-refractivity contribution in [2.24, 2.45) is 0 Å². The highest BCUT2D eigenvalue weighted by molar-refractivity contribution is 6.08. The highest BCUT2D eigenvalue weighted by atomic mass is 16.4. The Hall–Kier alpha value is -3.34. The Labute approximate surface area is 145 Å². The SMILES string of the molecule is Cc1cccc(C)c1NC(=O)Nc1cc2ccccc2cc1C(=O)O. The van der Waals surface area contributed by atoms with Crippen molar-refractivity contribution >= 4 is 34.1 Å². The fourth-order valence-electron chi connectivity index (χ4n) is 2.80. The Morgan fingerprint density at radius 3 is 2.04 bits per heavy atom. The summed E-state index contributed by atoms with van der Waals surface area (Å²) >= 11 is 0. The van der Waals surface area contributed by atoms with Gasteiger partial charge in [-0.15, -0.1) is 0 Å². The number of amides is 2. The zero-order valence-electron chi connectivity index (χ0n) is 14.0. The van der Waals surface area contributed by atoms with Gasteiger partial charge < -0.3 is 15.7 Å². The number of nitrogens with one attached hydrogen (secondary N) is 2. The van der Waals surface area contributed by atoms with Crippen molar-refractivity contribution in [1.82, 2.24) is 0 Å². The summed E-state index contributed by atoms with van der Waals surface area (Å²) in [6, 6.07) is 15.9. The van der Waals surface area contributed by atoms with Crippen molar-refractivity contribution in [1.29, 1.82) is 0 Å². The number of hydrogen-bond acceptors (Lipinski definition) is 2. The molecule has 0 atom stereocenters. The van der Waals surface area contributed by atoms with Gasteiger partial charge in [0.05, 0.1) is 11.3 Å². The molecule has 0 heterocycles. The predicted molar refractivity (Wildman–Crippen MR) is 99.5 cm³/mol. The molecule has 0 fully saturated rings. The molecule has 0 aliphatic rings. The minimum atomic E-state index is -1.09. The molecule has 0 spiro atoms. The number of hydrogen-bond donors (Lipinski definition) is 3. The van der Waals surface area contributed by atoms with Crippen LogP contribution in [0.5, 0.6) is 0 Å². The van der Waals surface area contributed by atoms with E-state index in [1.165, 1.54) is 0 Å². The summed E-state index contributed by atoms with van der Waals surface area (Å²) in [5.41, 5.74) is 2.90. The number of carboxylic acids is 1. The Morgan fingerprint density at radius 1 is 0.840 bits per heavy atom. The van der Waals surface area contributed by atoms with E-state index in [2.05, 4.69) is 10.6 Å². The predicted octanol–water partition coefficient (Wildman–Crippen LogP) is 4.80. The van der Waals surface area contributed by atoms with Crippen LogP contribution in [-0.2, 0) is 0 Å². The number of aromatic carboxylic acids is 1. The second-order valence-corrected chi connectivity index (χ2v) is 5.90. The van der Waals surface area contributed by atoms with Crippen molar-refractivity contribution in [3.63, 3.8) is 0 Å². The molecule has 3 N–H and O–H groups in total. The summed E-state index contributed by atoms with van der Waals surface area (Å²) in [6.07, 6.45) is 0. The van der Waals surface area contributed by atoms with Crippen LogP contribution in [-0.4, -0.2) is 17.1 Å². The monoisotopic (exact) mass is 334 g/mol. The lowest BCUT2D eigenvalue weighted by Crippen LogP contribution is -2.22. The lowest BCUT2D eigenvalue weighted by Gasteiger charge is -2.14. The second kappa shape index (κ2) is 6.65. The van der Waals surface area contributed by atoms with E-state index < -0.39 is 12.0 Å². The quantitative estimate of drug-likeness (QED) is 0.644. The maximum Gasteiger partial charge on any atom is 0.337 e. The first-order valence-corrected chi connectivity index (χ1v) is 7.86. The summed E-state index contributed by atoms with van der Waals surface area (Å²) in [5, 5.41) is 16.6. The lowest BCUT2D eigenvalue weighted by atomic mass is 10.0. The number of carbonyl (C=O) groups is 2. The van der Waals surface area contributed by atoms with Crippen LogP contribution in [0.3, 0.4) is 0 Å². The van der Waals surface area contributed by atoms with Gasteiger partial charge in [0.1, 0.15) is 0 Å². The number of fused-ring (bicyclic) bond motifs is 1. The largest absolute Gasteiger partial charge is 0.478 e. The molecule has 3 rings (SSSR count). The molecule has 3 aromatic carbocycles. The second-order valence-electron chi connectivity index (χ2n) is 5.90. The molecule has 0 unspecified atom stereocenters. The number of carbonyl (C=O) groups excluding carboxylic acids is 1. The van der Waals surface area contributed by atoms with Gasteiger partial charge in [0.25, 0.3) is 0 Å². The molecule has 5 heteroatoms. The molecule has 2 amide bonds. The average Bonchev–Trinajstić information content (AvgIpc) is 2.57. The van der Waals surface area contributed by atoms with Gasteiger partial charge in [0.2, 0.25) is 0 Å². The molecule has 0 aliphatic heterocycles. The molecular formula is C20H18N2O3. The molecule has 0 aliphatic carbocycles. The highest BCUT2D eigenvalue weighted by Crippen LogP contribution is 2.25. The molecule has 126 valence electrons. The molecule has 0 saturated carbocycles. The zero-order chi connectivity index (χ0) is 18.0. The van der Waals surface area contributed by atoms with Gasteiger partial charge in [-0.25, -0.2) is 9.59 Å². The average molecular weight is 334 g/mol. The van der Waals surface area contributed by atoms with Crippen molar-refractivity contribution < 1.29 is 14.7 Å². The van der Waals surface area contributed by atoms with E-state index in [4.69, 9.17) is 0 Å². The molecule has 3 aromatic rings. The molecule has 5 nitrogen and oxygen atoms in total. The number of aryl methyl sites for hydroxylation is 2. The van der Waals surface area contributed by atoms with Crippen LogP contribution < -0.4 is 10.6 Å². The lowest BCUT2D eigenvalue weighted by molar-refractivity contribution is 0.0698. The van der Waals surface area contributed by atoms with Gasteiger partial charge in [-0.1, -0.05) is 42.5 Å². The van der Waals surface area contributed by atoms with Crippen molar-refractivity contribution in [3.8, 4) is 0 Å². The zero-order valence-corrected chi connectivity index (χ0v) is 14.0. The normalized spacial score (nSPS) is 10.5. The van der Waals surface area contributed by atoms with E-state index in [0.29, 0.717) is 0 Å². The van der Waals surface area contributed by atoms with Crippen LogP contribution in [0.4, 0.5) is 16.2 Å². The van der Waals surface area contributed by atoms with Crippen LogP contribution in [0.2, 0.25) is 0 Å². The van der Waals surface area contributed by atoms with E-state index in [9.17, 15) is 14.7 Å². The van der Waals surface area contributed by atoms with Crippen LogP contribution in [0.1, 0.15) is 21.5 Å². The molecule has 0 bridgehead atoms. The first kappa shape index (κ1) is 16.5. The summed E-state index contributed by atoms with van der Waals surface area (Å²) in [6.45, 7) is 3.81. The maximum atomic E-state index is 12.4. The molecule has 0 aromatic heterocycles. The first-order valence-electron chi connectivity index (χ1n) is 7.86. The van der Waals surface area contributed by atoms with E-state index >= 15 is 0 Å². The van der Waals surface area contributed by atoms with Crippen LogP contribution in [0.25, 0.3) is 10.8 Å². The minimum Gasteiger partial charge on any atom is -0.478 e. The molecule has 0 radical (unpaired) electrons. The van der Waals surface area contributed by atoms with Crippen molar-refractivity contribution in [3.05, 3.63) is 71.3 Å². The Morgan fingerprint density at radius 2 is 1.44 bits per heavy atom. The number of rotatable bonds is 3. The number of carboxylic acid groups (broad SMARTS) is 1. The molecular weight excluding hydrogens is 316 g/mol. The Bertz CT molecular complexity index is 960. The summed E-state index contributed by atoms with van der Waals surface area (Å²) in [4.78, 5) is 23.9. The third kappa shape index (κ3) is 3.45. The smallest absolute Gasteiger partial charge is 0.337 e. The minimum absolute atomic E-state index is 0.0513. The van der Waals surface area contributed by atoms with Crippen LogP contribution >= 0.6 is 0 Å². The van der Waals surface area contributed by atoms with Gasteiger partial charge in [0, 0.05) is 5.69 Å². The highest BCUT2D eigenvalue weighted by Gasteiger charge is 2.15. The number of urea groups is 1. The van der Waals surface area contributed by atoms with E-state index in [0.717, 1.165) is 27.6 Å². The number of anilines is 2. The van der Waals surface area contributed by atoms with Gasteiger partial charge in [-0.3, -0.25) is 0 Å². The number of benzene rings is 3. The van der Waals surface area contributed by atoms with Gasteiger partial charge in [0.15, 0.2) is 0 Å². The molecule has 0 saturated heterocycles. The standard InChI is InChI=1S/C20H18N2O3/c1-12-6-5-7-13(2)18(12)22-20(25)21-17-11-15-9-4-3-8-14(15)10-16(17)19(23)24/h3-11H,1-2H3,(H,23,24)(H2,21,22,25). The fourth-order valence-corrected chi connectivity index (χ4v) is 2.80. The van der Waals surface area contributed by atoms with Crippen molar-refractivity contribution in [2.75, 3.05) is 10.6 Å². The van der Waals surface area contributed by atoms with Crippen LogP contribution in [0.15, 0.2) is 54.6 Å². The summed E-state index contributed by atoms with van der Waals surface area (Å²) in [7, 11) is 0. The molecule has 25 heavy (non-hydrogen) atoms. The third-order valence-corrected chi connectivity index (χ3v) is 4.08. The van der Waals surface area contributed by atoms with E-state index in [1.807, 2.05) is 56.3 Å². The Balaban J connectivity index is 1.92. The fraction of sp³-hybridized carbons (Fsp3) is 0.100. The summed E-state index contributed by atoms with van der Waals surface area (Å²) in [5.74, 6) is -1.09. The van der Waals surface area contributed by atoms with E-state index in [-0.39, 0.29) is 11.3 Å². The maximum absolute atomic E-state index is 12.4. The summed E-state index contributed by atoms with van der Waals surface area (Å²) < 4.78 is 0. The third-order valence-electron chi connectivity index (χ3n) is 4.08. The van der Waals surface area contributed by atoms with Crippen molar-refractivity contribution in [2.45, 2.75) is 13.8 Å². The van der Waals surface area contributed by atoms with Gasteiger partial charge >= 0.3 is 12.0 Å². The van der Waals surface area contributed by atoms with Gasteiger partial charge in [-0.05, 0) is 47.9 Å².